The highest BCUT2D eigenvalue weighted by Crippen LogP contribution is 2.08. The van der Waals surface area contributed by atoms with E-state index in [1.807, 2.05) is 0 Å². The summed E-state index contributed by atoms with van der Waals surface area (Å²) in [5, 5.41) is 6.69. The van der Waals surface area contributed by atoms with Crippen LogP contribution < -0.4 is 10.6 Å². The minimum atomic E-state index is 0.295. The Labute approximate surface area is 142 Å². The molecule has 6 heteroatoms. The fourth-order valence-corrected chi connectivity index (χ4v) is 2.40. The molecule has 23 heavy (non-hydrogen) atoms. The third kappa shape index (κ3) is 10.5. The second kappa shape index (κ2) is 13.6. The van der Waals surface area contributed by atoms with Crippen LogP contribution in [0, 0.1) is 0 Å². The first-order valence-electron chi connectivity index (χ1n) is 9.16. The van der Waals surface area contributed by atoms with Crippen LogP contribution in [0.5, 0.6) is 0 Å². The molecule has 0 amide bonds. The summed E-state index contributed by atoms with van der Waals surface area (Å²) in [6, 6.07) is 0. The molecule has 1 fully saturated rings. The molecule has 1 aliphatic rings. The summed E-state index contributed by atoms with van der Waals surface area (Å²) in [4.78, 5) is 6.96. The molecule has 0 aromatic heterocycles. The third-order valence-corrected chi connectivity index (χ3v) is 3.84. The largest absolute Gasteiger partial charge is 0.379 e. The SMILES string of the molecule is CCCCN(C)CCNC(=NCCCOC1CCOC1)NCC. The number of unbranched alkanes of at least 4 members (excludes halogenated alkanes) is 1. The van der Waals surface area contributed by atoms with Crippen LogP contribution >= 0.6 is 0 Å². The van der Waals surface area contributed by atoms with Gasteiger partial charge in [0.1, 0.15) is 0 Å². The van der Waals surface area contributed by atoms with Gasteiger partial charge in [0.2, 0.25) is 0 Å². The number of nitrogens with zero attached hydrogens (tertiary/aromatic N) is 2. The van der Waals surface area contributed by atoms with Crippen LogP contribution in [0.15, 0.2) is 4.99 Å². The third-order valence-electron chi connectivity index (χ3n) is 3.84. The van der Waals surface area contributed by atoms with Gasteiger partial charge in [-0.3, -0.25) is 4.99 Å². The Morgan fingerprint density at radius 3 is 2.83 bits per heavy atom. The van der Waals surface area contributed by atoms with Gasteiger partial charge in [-0.15, -0.1) is 0 Å². The molecule has 0 aromatic rings. The van der Waals surface area contributed by atoms with Crippen LogP contribution in [0.3, 0.4) is 0 Å². The van der Waals surface area contributed by atoms with E-state index in [2.05, 4.69) is 41.4 Å². The van der Waals surface area contributed by atoms with E-state index in [-0.39, 0.29) is 0 Å². The number of ether oxygens (including phenoxy) is 2. The quantitative estimate of drug-likeness (QED) is 0.323. The van der Waals surface area contributed by atoms with E-state index in [1.165, 1.54) is 12.8 Å². The van der Waals surface area contributed by atoms with Crippen molar-refractivity contribution in [2.24, 2.45) is 4.99 Å². The molecule has 0 aliphatic carbocycles. The van der Waals surface area contributed by atoms with Crippen molar-refractivity contribution in [2.45, 2.75) is 45.6 Å². The Morgan fingerprint density at radius 2 is 2.13 bits per heavy atom. The summed E-state index contributed by atoms with van der Waals surface area (Å²) < 4.78 is 11.0. The maximum atomic E-state index is 5.75. The molecule has 1 saturated heterocycles. The Hall–Kier alpha value is -0.850. The molecule has 1 aliphatic heterocycles. The highest BCUT2D eigenvalue weighted by molar-refractivity contribution is 5.79. The number of nitrogens with one attached hydrogen (secondary N) is 2. The van der Waals surface area contributed by atoms with Gasteiger partial charge >= 0.3 is 0 Å². The van der Waals surface area contributed by atoms with Gasteiger partial charge in [0.05, 0.1) is 12.7 Å². The number of hydrogen-bond donors (Lipinski definition) is 2. The van der Waals surface area contributed by atoms with Crippen LogP contribution in [0.2, 0.25) is 0 Å². The molecule has 0 aromatic carbocycles. The predicted molar refractivity (Wildman–Crippen MR) is 96.2 cm³/mol. The fraction of sp³-hybridized carbons (Fsp3) is 0.941. The van der Waals surface area contributed by atoms with Crippen molar-refractivity contribution in [3.63, 3.8) is 0 Å². The maximum Gasteiger partial charge on any atom is 0.191 e. The van der Waals surface area contributed by atoms with Crippen molar-refractivity contribution in [1.82, 2.24) is 15.5 Å². The van der Waals surface area contributed by atoms with Crippen LogP contribution in [-0.2, 0) is 9.47 Å². The molecular weight excluding hydrogens is 292 g/mol. The van der Waals surface area contributed by atoms with Crippen molar-refractivity contribution in [2.75, 3.05) is 59.6 Å². The van der Waals surface area contributed by atoms with Crippen LogP contribution in [0.25, 0.3) is 0 Å². The highest BCUT2D eigenvalue weighted by atomic mass is 16.5. The lowest BCUT2D eigenvalue weighted by molar-refractivity contribution is 0.0424. The minimum Gasteiger partial charge on any atom is -0.379 e. The lowest BCUT2D eigenvalue weighted by Crippen LogP contribution is -2.41. The van der Waals surface area contributed by atoms with Gasteiger partial charge in [-0.05, 0) is 39.8 Å². The maximum absolute atomic E-state index is 5.75. The van der Waals surface area contributed by atoms with E-state index in [0.717, 1.165) is 71.3 Å². The summed E-state index contributed by atoms with van der Waals surface area (Å²) in [7, 11) is 2.17. The fourth-order valence-electron chi connectivity index (χ4n) is 2.40. The zero-order valence-electron chi connectivity index (χ0n) is 15.3. The number of guanidine groups is 1. The first-order chi connectivity index (χ1) is 11.3. The van der Waals surface area contributed by atoms with E-state index < -0.39 is 0 Å². The van der Waals surface area contributed by atoms with Gasteiger partial charge in [0.25, 0.3) is 0 Å². The summed E-state index contributed by atoms with van der Waals surface area (Å²) in [5.41, 5.74) is 0. The lowest BCUT2D eigenvalue weighted by atomic mass is 10.3. The first-order valence-corrected chi connectivity index (χ1v) is 9.16. The number of aliphatic imine (C=N–C) groups is 1. The highest BCUT2D eigenvalue weighted by Gasteiger charge is 2.15. The van der Waals surface area contributed by atoms with Gasteiger partial charge < -0.3 is 25.0 Å². The summed E-state index contributed by atoms with van der Waals surface area (Å²) >= 11 is 0. The molecule has 2 N–H and O–H groups in total. The number of likely N-dealkylation sites (N-methyl/N-ethyl adjacent to an activating group) is 1. The summed E-state index contributed by atoms with van der Waals surface area (Å²) in [5.74, 6) is 0.903. The van der Waals surface area contributed by atoms with E-state index in [4.69, 9.17) is 9.47 Å². The Balaban J connectivity index is 2.11. The Bertz CT molecular complexity index is 307. The standard InChI is InChI=1S/C17H36N4O2/c1-4-6-11-21(3)12-10-20-17(18-5-2)19-9-7-13-23-16-8-14-22-15-16/h16H,4-15H2,1-3H3,(H2,18,19,20). The van der Waals surface area contributed by atoms with Crippen LogP contribution in [0.4, 0.5) is 0 Å². The Morgan fingerprint density at radius 1 is 1.26 bits per heavy atom. The topological polar surface area (TPSA) is 58.1 Å². The number of rotatable bonds is 12. The second-order valence-electron chi connectivity index (χ2n) is 6.05. The Kier molecular flexibility index (Phi) is 11.9. The molecule has 1 rings (SSSR count). The van der Waals surface area contributed by atoms with E-state index in [0.29, 0.717) is 6.10 Å². The summed E-state index contributed by atoms with van der Waals surface area (Å²) in [6.45, 7) is 11.5. The zero-order chi connectivity index (χ0) is 16.8. The van der Waals surface area contributed by atoms with Crippen molar-refractivity contribution < 1.29 is 9.47 Å². The molecule has 6 nitrogen and oxygen atoms in total. The molecule has 0 bridgehead atoms. The minimum absolute atomic E-state index is 0.295. The average Bonchev–Trinajstić information content (AvgIpc) is 3.06. The predicted octanol–water partition coefficient (Wildman–Crippen LogP) is 1.47. The molecule has 0 radical (unpaired) electrons. The average molecular weight is 329 g/mol. The molecule has 0 saturated carbocycles. The van der Waals surface area contributed by atoms with Crippen molar-refractivity contribution >= 4 is 5.96 Å². The van der Waals surface area contributed by atoms with E-state index in [9.17, 15) is 0 Å². The zero-order valence-corrected chi connectivity index (χ0v) is 15.3. The molecule has 136 valence electrons. The monoisotopic (exact) mass is 328 g/mol. The van der Waals surface area contributed by atoms with E-state index in [1.54, 1.807) is 0 Å². The number of hydrogen-bond acceptors (Lipinski definition) is 4. The molecule has 0 spiro atoms. The van der Waals surface area contributed by atoms with Crippen molar-refractivity contribution in [1.29, 1.82) is 0 Å². The molecular formula is C17H36N4O2. The molecule has 1 atom stereocenters. The molecule has 1 heterocycles. The van der Waals surface area contributed by atoms with Gasteiger partial charge in [-0.2, -0.15) is 0 Å². The second-order valence-corrected chi connectivity index (χ2v) is 6.05. The van der Waals surface area contributed by atoms with Gasteiger partial charge in [-0.1, -0.05) is 13.3 Å². The normalized spacial score (nSPS) is 18.6. The van der Waals surface area contributed by atoms with Crippen LogP contribution in [-0.4, -0.2) is 76.6 Å². The summed E-state index contributed by atoms with van der Waals surface area (Å²) in [6.07, 6.45) is 4.78. The van der Waals surface area contributed by atoms with Gasteiger partial charge in [0, 0.05) is 39.4 Å². The van der Waals surface area contributed by atoms with Crippen LogP contribution in [0.1, 0.15) is 39.5 Å². The van der Waals surface area contributed by atoms with Gasteiger partial charge in [-0.25, -0.2) is 0 Å². The van der Waals surface area contributed by atoms with Crippen molar-refractivity contribution in [3.05, 3.63) is 0 Å². The van der Waals surface area contributed by atoms with Gasteiger partial charge in [0.15, 0.2) is 5.96 Å². The lowest BCUT2D eigenvalue weighted by Gasteiger charge is -2.18. The molecule has 1 unspecified atom stereocenters. The van der Waals surface area contributed by atoms with Crippen molar-refractivity contribution in [3.8, 4) is 0 Å². The van der Waals surface area contributed by atoms with E-state index >= 15 is 0 Å². The first kappa shape index (κ1) is 20.2. The smallest absolute Gasteiger partial charge is 0.191 e.